The van der Waals surface area contributed by atoms with Crippen LogP contribution in [0.25, 0.3) is 0 Å². The smallest absolute Gasteiger partial charge is 0.151 e. The summed E-state index contributed by atoms with van der Waals surface area (Å²) in [5, 5.41) is 0. The fourth-order valence-corrected chi connectivity index (χ4v) is 1.94. The first-order valence-corrected chi connectivity index (χ1v) is 6.91. The van der Waals surface area contributed by atoms with Crippen molar-refractivity contribution in [1.82, 2.24) is 4.98 Å². The maximum Gasteiger partial charge on any atom is 0.151 e. The summed E-state index contributed by atoms with van der Waals surface area (Å²) in [4.78, 5) is 4.21. The van der Waals surface area contributed by atoms with Crippen LogP contribution in [-0.4, -0.2) is 27.6 Å². The topological polar surface area (TPSA) is 57.5 Å². The van der Waals surface area contributed by atoms with Crippen LogP contribution >= 0.6 is 15.9 Å². The van der Waals surface area contributed by atoms with Gasteiger partial charge in [-0.05, 0) is 48.8 Å². The molecule has 1 heterocycles. The van der Waals surface area contributed by atoms with Gasteiger partial charge in [0.25, 0.3) is 0 Å². The van der Waals surface area contributed by atoms with E-state index in [-0.39, 0.29) is 4.75 Å². The van der Waals surface area contributed by atoms with Gasteiger partial charge < -0.3 is 9.29 Å². The minimum Gasteiger partial charge on any atom is -0.591 e. The Morgan fingerprint density at radius 3 is 2.59 bits per heavy atom. The van der Waals surface area contributed by atoms with Gasteiger partial charge >= 0.3 is 0 Å². The van der Waals surface area contributed by atoms with Crippen LogP contribution in [0.4, 0.5) is 0 Å². The van der Waals surface area contributed by atoms with E-state index in [4.69, 9.17) is 4.74 Å². The summed E-state index contributed by atoms with van der Waals surface area (Å²) in [5.41, 5.74) is 0.635. The number of nitrogens with zero attached hydrogens (tertiary/aromatic N) is 2. The molecule has 0 spiro atoms. The van der Waals surface area contributed by atoms with Gasteiger partial charge in [0.15, 0.2) is 5.75 Å². The number of hydrogen-bond donors (Lipinski definition) is 0. The predicted octanol–water partition coefficient (Wildman–Crippen LogP) is 2.73. The SMILES string of the molecule is COc1ccc(C=N[S+]([O-])C(C)(C)C)nc1Br. The van der Waals surface area contributed by atoms with E-state index in [1.807, 2.05) is 20.8 Å². The Morgan fingerprint density at radius 2 is 2.12 bits per heavy atom. The van der Waals surface area contributed by atoms with Gasteiger partial charge in [0.05, 0.1) is 12.8 Å². The van der Waals surface area contributed by atoms with Crippen molar-refractivity contribution in [1.29, 1.82) is 0 Å². The van der Waals surface area contributed by atoms with Crippen LogP contribution in [0.5, 0.6) is 5.75 Å². The molecule has 17 heavy (non-hydrogen) atoms. The summed E-state index contributed by atoms with van der Waals surface area (Å²) in [7, 11) is 1.57. The van der Waals surface area contributed by atoms with Crippen LogP contribution in [0.1, 0.15) is 26.5 Å². The summed E-state index contributed by atoms with van der Waals surface area (Å²) >= 11 is 2.01. The van der Waals surface area contributed by atoms with E-state index >= 15 is 0 Å². The first-order chi connectivity index (χ1) is 7.84. The van der Waals surface area contributed by atoms with Gasteiger partial charge in [-0.15, -0.1) is 0 Å². The molecule has 0 aliphatic rings. The molecule has 0 amide bonds. The molecule has 1 atom stereocenters. The largest absolute Gasteiger partial charge is 0.591 e. The maximum absolute atomic E-state index is 11.7. The molecule has 94 valence electrons. The van der Waals surface area contributed by atoms with Gasteiger partial charge in [0, 0.05) is 0 Å². The molecular formula is C11H15BrN2O2S. The van der Waals surface area contributed by atoms with Crippen molar-refractivity contribution >= 4 is 33.5 Å². The highest BCUT2D eigenvalue weighted by molar-refractivity contribution is 9.10. The normalized spacial score (nSPS) is 14.0. The molecule has 0 aliphatic carbocycles. The van der Waals surface area contributed by atoms with Crippen LogP contribution in [0.2, 0.25) is 0 Å². The molecule has 1 rings (SSSR count). The molecule has 0 aromatic carbocycles. The Kier molecular flexibility index (Phi) is 4.97. The average Bonchev–Trinajstić information content (AvgIpc) is 2.24. The molecule has 1 aromatic rings. The molecule has 0 bridgehead atoms. The van der Waals surface area contributed by atoms with Crippen LogP contribution in [0.3, 0.4) is 0 Å². The molecule has 0 saturated carbocycles. The molecule has 0 fully saturated rings. The number of pyridine rings is 1. The lowest BCUT2D eigenvalue weighted by Crippen LogP contribution is -2.25. The first-order valence-electron chi connectivity index (χ1n) is 5.01. The number of rotatable bonds is 3. The lowest BCUT2D eigenvalue weighted by molar-refractivity contribution is 0.409. The summed E-state index contributed by atoms with van der Waals surface area (Å²) in [6.45, 7) is 5.62. The van der Waals surface area contributed by atoms with Crippen molar-refractivity contribution in [3.8, 4) is 5.75 Å². The fourth-order valence-electron chi connectivity index (χ4n) is 0.920. The van der Waals surface area contributed by atoms with Crippen LogP contribution in [0, 0.1) is 0 Å². The van der Waals surface area contributed by atoms with E-state index in [1.165, 1.54) is 6.21 Å². The van der Waals surface area contributed by atoms with E-state index < -0.39 is 11.4 Å². The zero-order valence-corrected chi connectivity index (χ0v) is 12.6. The molecule has 0 N–H and O–H groups in total. The Morgan fingerprint density at radius 1 is 1.47 bits per heavy atom. The van der Waals surface area contributed by atoms with E-state index in [0.29, 0.717) is 16.0 Å². The van der Waals surface area contributed by atoms with Gasteiger partial charge in [-0.3, -0.25) is 0 Å². The van der Waals surface area contributed by atoms with Crippen molar-refractivity contribution < 1.29 is 9.29 Å². The van der Waals surface area contributed by atoms with E-state index in [1.54, 1.807) is 19.2 Å². The molecule has 1 unspecified atom stereocenters. The Hall–Kier alpha value is -0.590. The number of ether oxygens (including phenoxy) is 1. The van der Waals surface area contributed by atoms with Crippen molar-refractivity contribution in [2.45, 2.75) is 25.5 Å². The third-order valence-corrected chi connectivity index (χ3v) is 3.77. The number of hydrogen-bond acceptors (Lipinski definition) is 4. The van der Waals surface area contributed by atoms with Crippen molar-refractivity contribution in [2.24, 2.45) is 4.40 Å². The molecular weight excluding hydrogens is 304 g/mol. The second-order valence-electron chi connectivity index (χ2n) is 4.33. The van der Waals surface area contributed by atoms with Gasteiger partial charge in [-0.2, -0.15) is 0 Å². The molecule has 0 radical (unpaired) electrons. The molecule has 4 nitrogen and oxygen atoms in total. The van der Waals surface area contributed by atoms with Gasteiger partial charge in [-0.1, -0.05) is 4.40 Å². The van der Waals surface area contributed by atoms with Crippen LogP contribution in [-0.2, 0) is 11.4 Å². The molecule has 1 aromatic heterocycles. The van der Waals surface area contributed by atoms with Crippen molar-refractivity contribution in [3.63, 3.8) is 0 Å². The number of halogens is 1. The Bertz CT molecular complexity index is 418. The summed E-state index contributed by atoms with van der Waals surface area (Å²) in [5.74, 6) is 0.652. The minimum absolute atomic E-state index is 0.361. The Labute approximate surface area is 113 Å². The molecule has 0 saturated heterocycles. The lowest BCUT2D eigenvalue weighted by atomic mass is 10.3. The summed E-state index contributed by atoms with van der Waals surface area (Å²) < 4.78 is 21.0. The third-order valence-electron chi connectivity index (χ3n) is 1.86. The van der Waals surface area contributed by atoms with Gasteiger partial charge in [-0.25, -0.2) is 4.98 Å². The lowest BCUT2D eigenvalue weighted by Gasteiger charge is -2.17. The average molecular weight is 319 g/mol. The van der Waals surface area contributed by atoms with Gasteiger partial charge in [0.1, 0.15) is 26.9 Å². The van der Waals surface area contributed by atoms with Crippen molar-refractivity contribution in [3.05, 3.63) is 22.4 Å². The summed E-state index contributed by atoms with van der Waals surface area (Å²) in [6.07, 6.45) is 1.51. The highest BCUT2D eigenvalue weighted by Gasteiger charge is 2.25. The first kappa shape index (κ1) is 14.5. The highest BCUT2D eigenvalue weighted by atomic mass is 79.9. The zero-order valence-electron chi connectivity index (χ0n) is 10.2. The number of aromatic nitrogens is 1. The summed E-state index contributed by atoms with van der Waals surface area (Å²) in [6, 6.07) is 3.53. The van der Waals surface area contributed by atoms with E-state index in [0.717, 1.165) is 0 Å². The van der Waals surface area contributed by atoms with E-state index in [2.05, 4.69) is 25.3 Å². The van der Waals surface area contributed by atoms with Gasteiger partial charge in [0.2, 0.25) is 0 Å². The standard InChI is InChI=1S/C11H15BrN2O2S/c1-11(2,3)17(15)13-7-8-5-6-9(16-4)10(12)14-8/h5-7H,1-4H3. The van der Waals surface area contributed by atoms with E-state index in [9.17, 15) is 4.55 Å². The van der Waals surface area contributed by atoms with Crippen LogP contribution < -0.4 is 4.74 Å². The third kappa shape index (κ3) is 4.29. The molecule has 0 aliphatic heterocycles. The van der Waals surface area contributed by atoms with Crippen molar-refractivity contribution in [2.75, 3.05) is 7.11 Å². The minimum atomic E-state index is -1.27. The quantitative estimate of drug-likeness (QED) is 0.489. The Balaban J connectivity index is 2.82. The zero-order chi connectivity index (χ0) is 13.1. The highest BCUT2D eigenvalue weighted by Crippen LogP contribution is 2.22. The predicted molar refractivity (Wildman–Crippen MR) is 74.0 cm³/mol. The molecule has 6 heteroatoms. The second kappa shape index (κ2) is 5.84. The fraction of sp³-hybridized carbons (Fsp3) is 0.455. The number of methoxy groups -OCH3 is 1. The maximum atomic E-state index is 11.7. The monoisotopic (exact) mass is 318 g/mol. The second-order valence-corrected chi connectivity index (χ2v) is 7.01. The van der Waals surface area contributed by atoms with Crippen LogP contribution in [0.15, 0.2) is 21.1 Å².